The fourth-order valence-corrected chi connectivity index (χ4v) is 5.39. The molecule has 3 unspecified atom stereocenters. The average molecular weight is 489 g/mol. The maximum Gasteiger partial charge on any atom is 0.322 e. The van der Waals surface area contributed by atoms with Crippen molar-refractivity contribution in [2.75, 3.05) is 31.5 Å². The predicted molar refractivity (Wildman–Crippen MR) is 121 cm³/mol. The number of nitrogens with zero attached hydrogens (tertiary/aromatic N) is 3. The van der Waals surface area contributed by atoms with Crippen LogP contribution in [0, 0.1) is 0 Å². The van der Waals surface area contributed by atoms with Gasteiger partial charge in [-0.2, -0.15) is 0 Å². The first kappa shape index (κ1) is 23.5. The molecule has 3 atom stereocenters. The molecular formula is C22H28Cl2F2N4O2. The standard InChI is InChI=1S/C22H28Cl2F2N4O2/c1-14-20(31)30-16(3-2-9-28-10-8-22(25,26)13-28)5-6-17(30)12-29(14)21(32)27-15-4-7-18(23)19(24)11-15/h4,7,11,14,16-17H,2-3,5-6,8-10,12-13H2,1H3,(H,27,32). The van der Waals surface area contributed by atoms with Crippen LogP contribution in [-0.2, 0) is 4.79 Å². The molecule has 0 radical (unpaired) electrons. The molecule has 0 aromatic heterocycles. The van der Waals surface area contributed by atoms with Crippen molar-refractivity contribution in [2.45, 2.75) is 63.1 Å². The molecule has 0 aliphatic carbocycles. The van der Waals surface area contributed by atoms with Crippen LogP contribution in [0.15, 0.2) is 18.2 Å². The van der Waals surface area contributed by atoms with Crippen LogP contribution >= 0.6 is 23.2 Å². The second-order valence-electron chi connectivity index (χ2n) is 9.04. The molecule has 1 aromatic rings. The molecule has 1 aromatic carbocycles. The number of nitrogens with one attached hydrogen (secondary N) is 1. The van der Waals surface area contributed by atoms with Crippen molar-refractivity contribution in [1.29, 1.82) is 0 Å². The number of likely N-dealkylation sites (tertiary alicyclic amines) is 1. The number of rotatable bonds is 5. The summed E-state index contributed by atoms with van der Waals surface area (Å²) in [6.45, 7) is 3.11. The quantitative estimate of drug-likeness (QED) is 0.652. The SMILES string of the molecule is CC1C(=O)N2C(CCCN3CCC(F)(F)C3)CCC2CN1C(=O)Nc1ccc(Cl)c(Cl)c1. The third-order valence-electron chi connectivity index (χ3n) is 6.80. The number of halogens is 4. The smallest absolute Gasteiger partial charge is 0.322 e. The molecule has 3 aliphatic rings. The monoisotopic (exact) mass is 488 g/mol. The third kappa shape index (κ3) is 4.97. The Morgan fingerprint density at radius 1 is 1.25 bits per heavy atom. The Morgan fingerprint density at radius 3 is 2.72 bits per heavy atom. The summed E-state index contributed by atoms with van der Waals surface area (Å²) in [5.41, 5.74) is 0.517. The van der Waals surface area contributed by atoms with E-state index >= 15 is 0 Å². The number of amides is 3. The zero-order valence-electron chi connectivity index (χ0n) is 18.0. The number of alkyl halides is 2. The van der Waals surface area contributed by atoms with Gasteiger partial charge in [0.25, 0.3) is 5.92 Å². The largest absolute Gasteiger partial charge is 0.333 e. The molecule has 32 heavy (non-hydrogen) atoms. The molecule has 3 saturated heterocycles. The minimum absolute atomic E-state index is 0.0145. The Morgan fingerprint density at radius 2 is 2.03 bits per heavy atom. The van der Waals surface area contributed by atoms with Crippen LogP contribution in [0.5, 0.6) is 0 Å². The van der Waals surface area contributed by atoms with Gasteiger partial charge in [-0.1, -0.05) is 23.2 Å². The van der Waals surface area contributed by atoms with E-state index < -0.39 is 12.0 Å². The lowest BCUT2D eigenvalue weighted by atomic mass is 10.1. The fourth-order valence-electron chi connectivity index (χ4n) is 5.09. The molecule has 10 heteroatoms. The van der Waals surface area contributed by atoms with Crippen LogP contribution in [0.2, 0.25) is 10.0 Å². The number of benzene rings is 1. The summed E-state index contributed by atoms with van der Waals surface area (Å²) in [4.78, 5) is 31.3. The summed E-state index contributed by atoms with van der Waals surface area (Å²) < 4.78 is 26.7. The molecule has 6 nitrogen and oxygen atoms in total. The number of urea groups is 1. The van der Waals surface area contributed by atoms with Crippen molar-refractivity contribution in [3.63, 3.8) is 0 Å². The molecule has 0 spiro atoms. The predicted octanol–water partition coefficient (Wildman–Crippen LogP) is 4.71. The van der Waals surface area contributed by atoms with Crippen molar-refractivity contribution in [1.82, 2.24) is 14.7 Å². The Bertz CT molecular complexity index is 887. The van der Waals surface area contributed by atoms with Crippen molar-refractivity contribution >= 4 is 40.8 Å². The number of anilines is 1. The molecule has 176 valence electrons. The van der Waals surface area contributed by atoms with Crippen LogP contribution in [0.1, 0.15) is 39.0 Å². The van der Waals surface area contributed by atoms with Gasteiger partial charge in [0.15, 0.2) is 0 Å². The van der Waals surface area contributed by atoms with Crippen LogP contribution in [0.4, 0.5) is 19.3 Å². The molecule has 0 saturated carbocycles. The van der Waals surface area contributed by atoms with Crippen molar-refractivity contribution < 1.29 is 18.4 Å². The Labute approximate surface area is 196 Å². The normalized spacial score (nSPS) is 27.7. The number of hydrogen-bond donors (Lipinski definition) is 1. The minimum atomic E-state index is -2.57. The van der Waals surface area contributed by atoms with E-state index in [9.17, 15) is 18.4 Å². The highest BCUT2D eigenvalue weighted by atomic mass is 35.5. The van der Waals surface area contributed by atoms with Gasteiger partial charge in [0.1, 0.15) is 6.04 Å². The molecular weight excluding hydrogens is 461 g/mol. The zero-order chi connectivity index (χ0) is 23.0. The van der Waals surface area contributed by atoms with Gasteiger partial charge in [-0.25, -0.2) is 13.6 Å². The van der Waals surface area contributed by atoms with Gasteiger partial charge in [-0.05, 0) is 57.4 Å². The summed E-state index contributed by atoms with van der Waals surface area (Å²) in [6, 6.07) is 4.02. The second-order valence-corrected chi connectivity index (χ2v) is 9.86. The van der Waals surface area contributed by atoms with Crippen LogP contribution in [0.25, 0.3) is 0 Å². The maximum absolute atomic E-state index is 13.4. The summed E-state index contributed by atoms with van der Waals surface area (Å²) in [6.07, 6.45) is 3.23. The van der Waals surface area contributed by atoms with E-state index in [0.717, 1.165) is 25.7 Å². The average Bonchev–Trinajstić information content (AvgIpc) is 3.30. The molecule has 4 rings (SSSR count). The Kier molecular flexibility index (Phi) is 6.84. The van der Waals surface area contributed by atoms with Gasteiger partial charge in [-0.3, -0.25) is 9.69 Å². The number of carbonyl (C=O) groups is 2. The van der Waals surface area contributed by atoms with E-state index in [1.54, 1.807) is 30.0 Å². The lowest BCUT2D eigenvalue weighted by Gasteiger charge is -2.43. The van der Waals surface area contributed by atoms with Crippen LogP contribution < -0.4 is 5.32 Å². The van der Waals surface area contributed by atoms with Gasteiger partial charge >= 0.3 is 6.03 Å². The number of hydrogen-bond acceptors (Lipinski definition) is 3. The van der Waals surface area contributed by atoms with Crippen molar-refractivity contribution in [3.05, 3.63) is 28.2 Å². The van der Waals surface area contributed by atoms with E-state index in [-0.39, 0.29) is 37.0 Å². The first-order valence-corrected chi connectivity index (χ1v) is 11.9. The molecule has 3 amide bonds. The summed E-state index contributed by atoms with van der Waals surface area (Å²) >= 11 is 12.0. The van der Waals surface area contributed by atoms with E-state index in [1.807, 2.05) is 9.80 Å². The maximum atomic E-state index is 13.4. The first-order valence-electron chi connectivity index (χ1n) is 11.1. The topological polar surface area (TPSA) is 55.9 Å². The number of piperazine rings is 1. The van der Waals surface area contributed by atoms with E-state index in [1.165, 1.54) is 0 Å². The fraction of sp³-hybridized carbons (Fsp3) is 0.636. The van der Waals surface area contributed by atoms with Gasteiger partial charge in [0.2, 0.25) is 5.91 Å². The lowest BCUT2D eigenvalue weighted by molar-refractivity contribution is -0.143. The van der Waals surface area contributed by atoms with Crippen LogP contribution in [0.3, 0.4) is 0 Å². The zero-order valence-corrected chi connectivity index (χ0v) is 19.5. The third-order valence-corrected chi connectivity index (χ3v) is 7.54. The summed E-state index contributed by atoms with van der Waals surface area (Å²) in [5.74, 6) is -2.63. The molecule has 0 bridgehead atoms. The van der Waals surface area contributed by atoms with Gasteiger partial charge in [0, 0.05) is 37.3 Å². The van der Waals surface area contributed by atoms with E-state index in [2.05, 4.69) is 5.32 Å². The highest BCUT2D eigenvalue weighted by Gasteiger charge is 2.46. The van der Waals surface area contributed by atoms with Gasteiger partial charge in [-0.15, -0.1) is 0 Å². The number of carbonyl (C=O) groups excluding carboxylic acids is 2. The highest BCUT2D eigenvalue weighted by Crippen LogP contribution is 2.34. The van der Waals surface area contributed by atoms with Crippen LogP contribution in [-0.4, -0.2) is 76.9 Å². The van der Waals surface area contributed by atoms with E-state index in [4.69, 9.17) is 23.2 Å². The second kappa shape index (κ2) is 9.31. The molecule has 3 aliphatic heterocycles. The number of fused-ring (bicyclic) bond motifs is 1. The Balaban J connectivity index is 1.32. The van der Waals surface area contributed by atoms with Gasteiger partial charge in [0.05, 0.1) is 16.6 Å². The highest BCUT2D eigenvalue weighted by molar-refractivity contribution is 6.42. The lowest BCUT2D eigenvalue weighted by Crippen LogP contribution is -2.62. The Hall–Kier alpha value is -1.64. The summed E-state index contributed by atoms with van der Waals surface area (Å²) in [5, 5.41) is 3.54. The van der Waals surface area contributed by atoms with Crippen molar-refractivity contribution in [2.24, 2.45) is 0 Å². The minimum Gasteiger partial charge on any atom is -0.333 e. The van der Waals surface area contributed by atoms with Crippen molar-refractivity contribution in [3.8, 4) is 0 Å². The summed E-state index contributed by atoms with van der Waals surface area (Å²) in [7, 11) is 0. The first-order chi connectivity index (χ1) is 15.1. The van der Waals surface area contributed by atoms with Gasteiger partial charge < -0.3 is 15.1 Å². The van der Waals surface area contributed by atoms with E-state index in [0.29, 0.717) is 35.4 Å². The molecule has 3 fully saturated rings. The molecule has 1 N–H and O–H groups in total. The molecule has 3 heterocycles.